The fraction of sp³-hybridized carbons (Fsp3) is 0. The number of amides is 1. The summed E-state index contributed by atoms with van der Waals surface area (Å²) >= 11 is 5.88. The zero-order valence-electron chi connectivity index (χ0n) is 12.4. The van der Waals surface area contributed by atoms with Crippen molar-refractivity contribution in [2.75, 3.05) is 10.7 Å². The van der Waals surface area contributed by atoms with Gasteiger partial charge in [0.2, 0.25) is 5.71 Å². The van der Waals surface area contributed by atoms with E-state index in [0.29, 0.717) is 22.0 Å². The maximum Gasteiger partial charge on any atom is 0.255 e. The molecule has 2 aromatic carbocycles. The van der Waals surface area contributed by atoms with Gasteiger partial charge in [-0.2, -0.15) is 10.4 Å². The average Bonchev–Trinajstić information content (AvgIpc) is 2.55. The van der Waals surface area contributed by atoms with E-state index in [1.54, 1.807) is 54.6 Å². The third kappa shape index (κ3) is 4.56. The third-order valence-electron chi connectivity index (χ3n) is 2.87. The summed E-state index contributed by atoms with van der Waals surface area (Å²) in [5.41, 5.74) is 8.98. The van der Waals surface area contributed by atoms with Crippen LogP contribution in [0.15, 0.2) is 53.6 Å². The molecule has 0 aromatic heterocycles. The SMILES string of the molecule is N#C/C(=N\Nc1cccc(C(=O)Nc2cccc(Cl)c2)c1)C(=N)N. The number of carbonyl (C=O) groups is 1. The van der Waals surface area contributed by atoms with E-state index in [9.17, 15) is 4.79 Å². The van der Waals surface area contributed by atoms with Gasteiger partial charge in [-0.25, -0.2) is 0 Å². The summed E-state index contributed by atoms with van der Waals surface area (Å²) in [5.74, 6) is -0.767. The van der Waals surface area contributed by atoms with Crippen LogP contribution in [0.4, 0.5) is 11.4 Å². The number of hydrazone groups is 1. The molecule has 0 aliphatic heterocycles. The Morgan fingerprint density at radius 1 is 1.21 bits per heavy atom. The van der Waals surface area contributed by atoms with E-state index in [-0.39, 0.29) is 11.6 Å². The molecule has 0 saturated carbocycles. The maximum atomic E-state index is 12.3. The number of amidine groups is 1. The number of nitrogens with two attached hydrogens (primary N) is 1. The molecule has 120 valence electrons. The topological polar surface area (TPSA) is 127 Å². The van der Waals surface area contributed by atoms with E-state index in [0.717, 1.165) is 0 Å². The lowest BCUT2D eigenvalue weighted by atomic mass is 10.2. The van der Waals surface area contributed by atoms with Gasteiger partial charge in [0, 0.05) is 16.3 Å². The third-order valence-corrected chi connectivity index (χ3v) is 3.10. The number of nitrogens with one attached hydrogen (secondary N) is 3. The zero-order valence-corrected chi connectivity index (χ0v) is 13.1. The number of nitrogens with zero attached hydrogens (tertiary/aromatic N) is 2. The second-order valence-electron chi connectivity index (χ2n) is 4.64. The molecule has 8 heteroatoms. The van der Waals surface area contributed by atoms with E-state index >= 15 is 0 Å². The van der Waals surface area contributed by atoms with Gasteiger partial charge in [0.15, 0.2) is 5.84 Å². The van der Waals surface area contributed by atoms with Crippen LogP contribution in [0.3, 0.4) is 0 Å². The summed E-state index contributed by atoms with van der Waals surface area (Å²) in [6, 6.07) is 15.0. The fourth-order valence-corrected chi connectivity index (χ4v) is 1.96. The quantitative estimate of drug-likeness (QED) is 0.379. The van der Waals surface area contributed by atoms with Gasteiger partial charge in [-0.05, 0) is 36.4 Å². The Balaban J connectivity index is 2.14. The molecule has 0 fully saturated rings. The molecule has 0 aliphatic carbocycles. The summed E-state index contributed by atoms with van der Waals surface area (Å²) in [4.78, 5) is 12.3. The highest BCUT2D eigenvalue weighted by atomic mass is 35.5. The van der Waals surface area contributed by atoms with Gasteiger partial charge in [0.1, 0.15) is 6.07 Å². The Morgan fingerprint density at radius 2 is 1.92 bits per heavy atom. The first-order valence-corrected chi connectivity index (χ1v) is 7.12. The van der Waals surface area contributed by atoms with Gasteiger partial charge in [-0.15, -0.1) is 0 Å². The Labute approximate surface area is 143 Å². The predicted octanol–water partition coefficient (Wildman–Crippen LogP) is 2.82. The second kappa shape index (κ2) is 7.76. The van der Waals surface area contributed by atoms with Gasteiger partial charge in [-0.3, -0.25) is 15.6 Å². The van der Waals surface area contributed by atoms with Crippen molar-refractivity contribution in [3.63, 3.8) is 0 Å². The van der Waals surface area contributed by atoms with Crippen LogP contribution < -0.4 is 16.5 Å². The van der Waals surface area contributed by atoms with Crippen LogP contribution in [0.2, 0.25) is 5.02 Å². The molecule has 0 bridgehead atoms. The molecule has 0 radical (unpaired) electrons. The Bertz CT molecular complexity index is 856. The monoisotopic (exact) mass is 340 g/mol. The molecule has 1 amide bonds. The minimum absolute atomic E-state index is 0.246. The number of hydrogen-bond donors (Lipinski definition) is 4. The lowest BCUT2D eigenvalue weighted by molar-refractivity contribution is 0.102. The van der Waals surface area contributed by atoms with Crippen LogP contribution in [0.1, 0.15) is 10.4 Å². The number of carbonyl (C=O) groups excluding carboxylic acids is 1. The largest absolute Gasteiger partial charge is 0.382 e. The molecular weight excluding hydrogens is 328 g/mol. The molecule has 0 heterocycles. The van der Waals surface area contributed by atoms with Gasteiger partial charge in [0.25, 0.3) is 5.91 Å². The number of nitriles is 1. The predicted molar refractivity (Wildman–Crippen MR) is 94.4 cm³/mol. The van der Waals surface area contributed by atoms with Gasteiger partial charge in [-0.1, -0.05) is 23.7 Å². The molecule has 7 nitrogen and oxygen atoms in total. The summed E-state index contributed by atoms with van der Waals surface area (Å²) in [7, 11) is 0. The van der Waals surface area contributed by atoms with Gasteiger partial charge < -0.3 is 11.1 Å². The van der Waals surface area contributed by atoms with Crippen LogP contribution in [0, 0.1) is 16.7 Å². The van der Waals surface area contributed by atoms with Crippen molar-refractivity contribution in [3.05, 3.63) is 59.1 Å². The maximum absolute atomic E-state index is 12.3. The molecule has 24 heavy (non-hydrogen) atoms. The van der Waals surface area contributed by atoms with E-state index in [1.807, 2.05) is 0 Å². The van der Waals surface area contributed by atoms with Crippen molar-refractivity contribution in [3.8, 4) is 6.07 Å². The number of hydrogen-bond acceptors (Lipinski definition) is 5. The van der Waals surface area contributed by atoms with Crippen LogP contribution in [0.25, 0.3) is 0 Å². The van der Waals surface area contributed by atoms with Crippen molar-refractivity contribution in [1.82, 2.24) is 0 Å². The highest BCUT2D eigenvalue weighted by Gasteiger charge is 2.07. The Kier molecular flexibility index (Phi) is 5.49. The van der Waals surface area contributed by atoms with Crippen molar-refractivity contribution in [2.24, 2.45) is 10.8 Å². The Hall–Kier alpha value is -3.37. The summed E-state index contributed by atoms with van der Waals surface area (Å²) in [6.45, 7) is 0. The molecule has 0 saturated heterocycles. The molecule has 0 atom stereocenters. The lowest BCUT2D eigenvalue weighted by Gasteiger charge is -2.07. The first-order valence-electron chi connectivity index (χ1n) is 6.75. The summed E-state index contributed by atoms with van der Waals surface area (Å²) in [6.07, 6.45) is 0. The minimum Gasteiger partial charge on any atom is -0.382 e. The van der Waals surface area contributed by atoms with E-state index in [1.165, 1.54) is 0 Å². The minimum atomic E-state index is -0.445. The lowest BCUT2D eigenvalue weighted by Crippen LogP contribution is -2.21. The van der Waals surface area contributed by atoms with Crippen LogP contribution in [-0.2, 0) is 0 Å². The van der Waals surface area contributed by atoms with Crippen molar-refractivity contribution in [1.29, 1.82) is 10.7 Å². The number of rotatable bonds is 5. The molecule has 0 spiro atoms. The van der Waals surface area contributed by atoms with Crippen molar-refractivity contribution >= 4 is 40.4 Å². The van der Waals surface area contributed by atoms with Crippen LogP contribution in [0.5, 0.6) is 0 Å². The highest BCUT2D eigenvalue weighted by Crippen LogP contribution is 2.17. The standard InChI is InChI=1S/C16H13ClN6O/c17-11-4-2-5-12(8-11)21-16(24)10-3-1-6-13(7-10)22-23-14(9-18)15(19)20/h1-8,22H,(H3,19,20)(H,21,24)/b23-14+. The van der Waals surface area contributed by atoms with Gasteiger partial charge in [0.05, 0.1) is 5.69 Å². The molecular formula is C16H13ClN6O. The van der Waals surface area contributed by atoms with Crippen LogP contribution in [-0.4, -0.2) is 17.5 Å². The highest BCUT2D eigenvalue weighted by molar-refractivity contribution is 6.45. The first-order chi connectivity index (χ1) is 11.5. The molecule has 5 N–H and O–H groups in total. The second-order valence-corrected chi connectivity index (χ2v) is 5.08. The molecule has 0 aliphatic rings. The van der Waals surface area contributed by atoms with E-state index in [4.69, 9.17) is 28.0 Å². The first kappa shape index (κ1) is 17.0. The van der Waals surface area contributed by atoms with Crippen LogP contribution >= 0.6 is 11.6 Å². The van der Waals surface area contributed by atoms with E-state index < -0.39 is 5.84 Å². The van der Waals surface area contributed by atoms with Crippen molar-refractivity contribution in [2.45, 2.75) is 0 Å². The zero-order chi connectivity index (χ0) is 17.5. The average molecular weight is 341 g/mol. The molecule has 2 rings (SSSR count). The number of benzene rings is 2. The number of anilines is 2. The smallest absolute Gasteiger partial charge is 0.255 e. The molecule has 2 aromatic rings. The Morgan fingerprint density at radius 3 is 2.58 bits per heavy atom. The molecule has 0 unspecified atom stereocenters. The summed E-state index contributed by atoms with van der Waals surface area (Å²) in [5, 5.41) is 22.9. The fourth-order valence-electron chi connectivity index (χ4n) is 1.77. The van der Waals surface area contributed by atoms with Crippen molar-refractivity contribution < 1.29 is 4.79 Å². The summed E-state index contributed by atoms with van der Waals surface area (Å²) < 4.78 is 0. The normalized spacial score (nSPS) is 10.6. The van der Waals surface area contributed by atoms with E-state index in [2.05, 4.69) is 15.8 Å². The van der Waals surface area contributed by atoms with Gasteiger partial charge >= 0.3 is 0 Å². The number of halogens is 1.